The number of thiophene rings is 4. The van der Waals surface area contributed by atoms with Crippen LogP contribution in [0.1, 0.15) is 49.7 Å². The first-order valence-corrected chi connectivity index (χ1v) is 14.4. The van der Waals surface area contributed by atoms with Crippen molar-refractivity contribution in [3.63, 3.8) is 0 Å². The summed E-state index contributed by atoms with van der Waals surface area (Å²) in [7, 11) is 3.33. The molecule has 0 saturated carbocycles. The van der Waals surface area contributed by atoms with E-state index in [4.69, 9.17) is 18.9 Å². The van der Waals surface area contributed by atoms with Gasteiger partial charge in [0.15, 0.2) is 12.6 Å². The quantitative estimate of drug-likeness (QED) is 0.180. The number of methoxy groups -OCH3 is 2. The maximum absolute atomic E-state index is 5.88. The van der Waals surface area contributed by atoms with Crippen molar-refractivity contribution in [3.8, 4) is 29.3 Å². The van der Waals surface area contributed by atoms with E-state index < -0.39 is 0 Å². The number of rotatable bonds is 11. The van der Waals surface area contributed by atoms with Crippen molar-refractivity contribution >= 4 is 45.3 Å². The molecule has 4 aromatic heterocycles. The first-order chi connectivity index (χ1) is 16.4. The summed E-state index contributed by atoms with van der Waals surface area (Å²) in [6, 6.07) is 17.6. The second-order valence-corrected chi connectivity index (χ2v) is 12.3. The van der Waals surface area contributed by atoms with Gasteiger partial charge in [0.1, 0.15) is 0 Å². The predicted molar refractivity (Wildman–Crippen MR) is 146 cm³/mol. The standard InChI is InChI=1S/C26H30O4S4/c1-15(29-17(3)27-5)19-7-9-21(31-19)23-11-13-25(33-23)26-14-12-24(34-26)22-10-8-20(32-22)16(2)30-18(4)28-6/h7-18H,1-6H3. The normalized spacial score (nSPS) is 15.4. The minimum Gasteiger partial charge on any atom is -0.356 e. The Morgan fingerprint density at radius 2 is 0.765 bits per heavy atom. The first kappa shape index (κ1) is 25.7. The van der Waals surface area contributed by atoms with E-state index in [1.54, 1.807) is 36.9 Å². The molecule has 0 bridgehead atoms. The molecule has 0 N–H and O–H groups in total. The molecule has 4 nitrogen and oxygen atoms in total. The molecule has 0 aliphatic carbocycles. The third kappa shape index (κ3) is 6.06. The second-order valence-electron chi connectivity index (χ2n) is 7.90. The second kappa shape index (κ2) is 11.6. The molecule has 0 spiro atoms. The van der Waals surface area contributed by atoms with Gasteiger partial charge >= 0.3 is 0 Å². The smallest absolute Gasteiger partial charge is 0.155 e. The molecule has 0 fully saturated rings. The van der Waals surface area contributed by atoms with Crippen molar-refractivity contribution in [3.05, 3.63) is 58.3 Å². The minimum atomic E-state index is -0.217. The summed E-state index contributed by atoms with van der Waals surface area (Å²) in [5.74, 6) is 0. The lowest BCUT2D eigenvalue weighted by atomic mass is 10.3. The van der Waals surface area contributed by atoms with Crippen LogP contribution in [0.2, 0.25) is 0 Å². The minimum absolute atomic E-state index is 0.00880. The Hall–Kier alpha value is -1.36. The molecule has 4 unspecified atom stereocenters. The van der Waals surface area contributed by atoms with Crippen molar-refractivity contribution in [2.75, 3.05) is 14.2 Å². The van der Waals surface area contributed by atoms with Crippen molar-refractivity contribution in [1.29, 1.82) is 0 Å². The monoisotopic (exact) mass is 534 g/mol. The molecule has 8 heteroatoms. The Kier molecular flexibility index (Phi) is 8.76. The lowest BCUT2D eigenvalue weighted by molar-refractivity contribution is -0.140. The molecule has 0 aliphatic rings. The van der Waals surface area contributed by atoms with Crippen molar-refractivity contribution in [2.45, 2.75) is 52.5 Å². The van der Waals surface area contributed by atoms with Gasteiger partial charge < -0.3 is 18.9 Å². The number of hydrogen-bond acceptors (Lipinski definition) is 8. The van der Waals surface area contributed by atoms with Crippen LogP contribution in [0.3, 0.4) is 0 Å². The number of hydrogen-bond donors (Lipinski definition) is 0. The molecule has 182 valence electrons. The van der Waals surface area contributed by atoms with Gasteiger partial charge in [-0.25, -0.2) is 0 Å². The maximum atomic E-state index is 5.88. The van der Waals surface area contributed by atoms with E-state index in [9.17, 15) is 0 Å². The van der Waals surface area contributed by atoms with Crippen molar-refractivity contribution in [2.24, 2.45) is 0 Å². The van der Waals surface area contributed by atoms with Gasteiger partial charge in [0.2, 0.25) is 0 Å². The Labute approximate surface area is 217 Å². The van der Waals surface area contributed by atoms with Crippen LogP contribution >= 0.6 is 45.3 Å². The topological polar surface area (TPSA) is 36.9 Å². The summed E-state index contributed by atoms with van der Waals surface area (Å²) in [6.45, 7) is 7.97. The summed E-state index contributed by atoms with van der Waals surface area (Å²) in [4.78, 5) is 10.1. The van der Waals surface area contributed by atoms with E-state index in [-0.39, 0.29) is 24.8 Å². The summed E-state index contributed by atoms with van der Waals surface area (Å²) in [6.07, 6.45) is -0.416. The van der Waals surface area contributed by atoms with Crippen LogP contribution in [-0.2, 0) is 18.9 Å². The average molecular weight is 535 g/mol. The van der Waals surface area contributed by atoms with E-state index in [2.05, 4.69) is 62.4 Å². The van der Waals surface area contributed by atoms with Crippen LogP contribution in [0.4, 0.5) is 0 Å². The molecule has 0 radical (unpaired) electrons. The predicted octanol–water partition coefficient (Wildman–Crippen LogP) is 9.07. The third-order valence-electron chi connectivity index (χ3n) is 5.45. The lowest BCUT2D eigenvalue weighted by Crippen LogP contribution is -2.12. The molecule has 34 heavy (non-hydrogen) atoms. The molecular formula is C26H30O4S4. The highest BCUT2D eigenvalue weighted by Crippen LogP contribution is 2.44. The van der Waals surface area contributed by atoms with E-state index in [1.165, 1.54) is 39.0 Å². The SMILES string of the molecule is COC(C)OC(C)c1ccc(-c2ccc(-c3ccc(-c4ccc(C(C)OC(C)OC)s4)s3)s2)s1. The zero-order chi connectivity index (χ0) is 24.2. The zero-order valence-corrected chi connectivity index (χ0v) is 23.5. The molecule has 0 aromatic carbocycles. The molecule has 0 saturated heterocycles. The summed E-state index contributed by atoms with van der Waals surface area (Å²) in [5, 5.41) is 0. The Morgan fingerprint density at radius 3 is 1.09 bits per heavy atom. The van der Waals surface area contributed by atoms with Crippen LogP contribution in [0.25, 0.3) is 29.3 Å². The van der Waals surface area contributed by atoms with E-state index in [0.717, 1.165) is 0 Å². The van der Waals surface area contributed by atoms with E-state index >= 15 is 0 Å². The zero-order valence-electron chi connectivity index (χ0n) is 20.2. The fraction of sp³-hybridized carbons (Fsp3) is 0.385. The highest BCUT2D eigenvalue weighted by atomic mass is 32.1. The van der Waals surface area contributed by atoms with Gasteiger partial charge in [-0.15, -0.1) is 45.3 Å². The van der Waals surface area contributed by atoms with Crippen molar-refractivity contribution in [1.82, 2.24) is 0 Å². The molecule has 4 aromatic rings. The van der Waals surface area contributed by atoms with Gasteiger partial charge in [-0.3, -0.25) is 0 Å². The van der Waals surface area contributed by atoms with Gasteiger partial charge in [-0.2, -0.15) is 0 Å². The highest BCUT2D eigenvalue weighted by molar-refractivity contribution is 7.28. The third-order valence-corrected chi connectivity index (χ3v) is 10.7. The Morgan fingerprint density at radius 1 is 0.471 bits per heavy atom. The average Bonchev–Trinajstić information content (AvgIpc) is 3.63. The molecule has 0 aliphatic heterocycles. The molecule has 0 amide bonds. The van der Waals surface area contributed by atoms with Crippen LogP contribution in [0, 0.1) is 0 Å². The molecule has 4 atom stereocenters. The molecule has 4 rings (SSSR count). The van der Waals surface area contributed by atoms with Gasteiger partial charge in [0.25, 0.3) is 0 Å². The fourth-order valence-corrected chi connectivity index (χ4v) is 7.71. The summed E-state index contributed by atoms with van der Waals surface area (Å²) >= 11 is 7.24. The van der Waals surface area contributed by atoms with Gasteiger partial charge in [-0.05, 0) is 76.2 Å². The summed E-state index contributed by atoms with van der Waals surface area (Å²) < 4.78 is 22.2. The maximum Gasteiger partial charge on any atom is 0.155 e. The Balaban J connectivity index is 1.45. The van der Waals surface area contributed by atoms with Gasteiger partial charge in [-0.1, -0.05) is 0 Å². The van der Waals surface area contributed by atoms with Crippen molar-refractivity contribution < 1.29 is 18.9 Å². The Bertz CT molecular complexity index is 1090. The fourth-order valence-electron chi connectivity index (χ4n) is 3.43. The molecular weight excluding hydrogens is 505 g/mol. The van der Waals surface area contributed by atoms with Crippen LogP contribution in [-0.4, -0.2) is 26.8 Å². The van der Waals surface area contributed by atoms with E-state index in [1.807, 2.05) is 36.5 Å². The van der Waals surface area contributed by atoms with E-state index in [0.29, 0.717) is 0 Å². The first-order valence-electron chi connectivity index (χ1n) is 11.1. The highest BCUT2D eigenvalue weighted by Gasteiger charge is 2.17. The van der Waals surface area contributed by atoms with Crippen LogP contribution in [0.5, 0.6) is 0 Å². The number of ether oxygens (including phenoxy) is 4. The lowest BCUT2D eigenvalue weighted by Gasteiger charge is -2.16. The molecule has 4 heterocycles. The van der Waals surface area contributed by atoms with Crippen LogP contribution in [0.15, 0.2) is 48.5 Å². The van der Waals surface area contributed by atoms with Gasteiger partial charge in [0, 0.05) is 53.2 Å². The summed E-state index contributed by atoms with van der Waals surface area (Å²) in [5.41, 5.74) is 0. The van der Waals surface area contributed by atoms with Crippen LogP contribution < -0.4 is 0 Å². The van der Waals surface area contributed by atoms with Gasteiger partial charge in [0.05, 0.1) is 12.2 Å². The largest absolute Gasteiger partial charge is 0.356 e.